The van der Waals surface area contributed by atoms with Gasteiger partial charge in [-0.15, -0.1) is 0 Å². The van der Waals surface area contributed by atoms with Crippen LogP contribution in [-0.2, 0) is 10.0 Å². The van der Waals surface area contributed by atoms with Crippen LogP contribution in [0.5, 0.6) is 0 Å². The van der Waals surface area contributed by atoms with Crippen LogP contribution in [0.15, 0.2) is 0 Å². The van der Waals surface area contributed by atoms with Crippen LogP contribution in [-0.4, -0.2) is 33.3 Å². The summed E-state index contributed by atoms with van der Waals surface area (Å²) in [6.07, 6.45) is 6.66. The van der Waals surface area contributed by atoms with E-state index in [1.807, 2.05) is 0 Å². The van der Waals surface area contributed by atoms with E-state index in [-0.39, 0.29) is 0 Å². The molecule has 1 saturated carbocycles. The van der Waals surface area contributed by atoms with E-state index in [1.165, 1.54) is 19.3 Å². The summed E-state index contributed by atoms with van der Waals surface area (Å²) in [7, 11) is -3.06. The van der Waals surface area contributed by atoms with Gasteiger partial charge in [-0.25, -0.2) is 13.1 Å². The molecule has 0 bridgehead atoms. The average Bonchev–Trinajstić information content (AvgIpc) is 2.28. The maximum atomic E-state index is 11.9. The maximum Gasteiger partial charge on any atom is 0.211 e. The van der Waals surface area contributed by atoms with Gasteiger partial charge in [-0.05, 0) is 31.7 Å². The molecule has 0 aromatic carbocycles. The fourth-order valence-corrected chi connectivity index (χ4v) is 3.96. The molecule has 2 N–H and O–H groups in total. The van der Waals surface area contributed by atoms with E-state index in [4.69, 9.17) is 0 Å². The van der Waals surface area contributed by atoms with Crippen molar-refractivity contribution >= 4 is 10.0 Å². The minimum absolute atomic E-state index is 0.324. The molecular weight excluding hydrogens is 248 g/mol. The van der Waals surface area contributed by atoms with Crippen molar-refractivity contribution in [1.29, 1.82) is 0 Å². The van der Waals surface area contributed by atoms with E-state index in [0.717, 1.165) is 25.8 Å². The second-order valence-electron chi connectivity index (χ2n) is 5.64. The number of sulfonamides is 1. The van der Waals surface area contributed by atoms with Crippen molar-refractivity contribution < 1.29 is 8.42 Å². The van der Waals surface area contributed by atoms with Crippen molar-refractivity contribution in [3.63, 3.8) is 0 Å². The summed E-state index contributed by atoms with van der Waals surface area (Å²) in [4.78, 5) is 0. The zero-order chi connectivity index (χ0) is 13.4. The van der Waals surface area contributed by atoms with Crippen LogP contribution < -0.4 is 10.0 Å². The molecule has 1 aliphatic rings. The molecule has 0 saturated heterocycles. The standard InChI is InChI=1S/C13H28N2O2S/c1-12(2)14-9-6-10-15-18(16,17)11-13-7-4-3-5-8-13/h12-15H,3-11H2,1-2H3. The van der Waals surface area contributed by atoms with Crippen LogP contribution in [0.2, 0.25) is 0 Å². The van der Waals surface area contributed by atoms with Crippen LogP contribution in [0.4, 0.5) is 0 Å². The third-order valence-corrected chi connectivity index (χ3v) is 4.96. The van der Waals surface area contributed by atoms with Crippen molar-refractivity contribution in [2.24, 2.45) is 5.92 Å². The van der Waals surface area contributed by atoms with Gasteiger partial charge < -0.3 is 5.32 Å². The molecular formula is C13H28N2O2S. The van der Waals surface area contributed by atoms with Crippen LogP contribution >= 0.6 is 0 Å². The topological polar surface area (TPSA) is 58.2 Å². The van der Waals surface area contributed by atoms with Crippen molar-refractivity contribution in [1.82, 2.24) is 10.0 Å². The maximum absolute atomic E-state index is 11.9. The Morgan fingerprint density at radius 3 is 2.39 bits per heavy atom. The summed E-state index contributed by atoms with van der Waals surface area (Å²) >= 11 is 0. The summed E-state index contributed by atoms with van der Waals surface area (Å²) in [6, 6.07) is 0.462. The first-order valence-corrected chi connectivity index (χ1v) is 8.85. The molecule has 5 heteroatoms. The van der Waals surface area contributed by atoms with Crippen molar-refractivity contribution in [3.8, 4) is 0 Å². The molecule has 108 valence electrons. The van der Waals surface area contributed by atoms with Gasteiger partial charge in [-0.1, -0.05) is 33.1 Å². The smallest absolute Gasteiger partial charge is 0.211 e. The Bertz CT molecular complexity index is 309. The van der Waals surface area contributed by atoms with Gasteiger partial charge in [0.15, 0.2) is 0 Å². The van der Waals surface area contributed by atoms with Crippen LogP contribution in [0.25, 0.3) is 0 Å². The zero-order valence-corrected chi connectivity index (χ0v) is 12.6. The molecule has 0 spiro atoms. The lowest BCUT2D eigenvalue weighted by Crippen LogP contribution is -2.33. The molecule has 1 aliphatic carbocycles. The number of hydrogen-bond acceptors (Lipinski definition) is 3. The fourth-order valence-electron chi connectivity index (χ4n) is 2.43. The fraction of sp³-hybridized carbons (Fsp3) is 1.00. The monoisotopic (exact) mass is 276 g/mol. The molecule has 0 unspecified atom stereocenters. The van der Waals surface area contributed by atoms with Gasteiger partial charge in [0, 0.05) is 12.6 Å². The van der Waals surface area contributed by atoms with Gasteiger partial charge in [0.2, 0.25) is 10.0 Å². The largest absolute Gasteiger partial charge is 0.314 e. The molecule has 0 aromatic heterocycles. The summed E-state index contributed by atoms with van der Waals surface area (Å²) < 4.78 is 26.4. The Labute approximate surface area is 112 Å². The first kappa shape index (κ1) is 15.9. The number of rotatable bonds is 8. The lowest BCUT2D eigenvalue weighted by atomic mass is 9.91. The third kappa shape index (κ3) is 7.34. The highest BCUT2D eigenvalue weighted by molar-refractivity contribution is 7.89. The Balaban J connectivity index is 2.14. The summed E-state index contributed by atoms with van der Waals surface area (Å²) in [6.45, 7) is 5.60. The van der Waals surface area contributed by atoms with Crippen molar-refractivity contribution in [2.75, 3.05) is 18.8 Å². The number of nitrogens with one attached hydrogen (secondary N) is 2. The van der Waals surface area contributed by atoms with E-state index in [2.05, 4.69) is 23.9 Å². The van der Waals surface area contributed by atoms with E-state index >= 15 is 0 Å². The van der Waals surface area contributed by atoms with Gasteiger partial charge in [0.1, 0.15) is 0 Å². The van der Waals surface area contributed by atoms with Gasteiger partial charge in [-0.2, -0.15) is 0 Å². The third-order valence-electron chi connectivity index (χ3n) is 3.41. The first-order chi connectivity index (χ1) is 8.49. The quantitative estimate of drug-likeness (QED) is 0.665. The highest BCUT2D eigenvalue weighted by Gasteiger charge is 2.20. The van der Waals surface area contributed by atoms with E-state index in [9.17, 15) is 8.42 Å². The van der Waals surface area contributed by atoms with E-state index in [1.54, 1.807) is 0 Å². The molecule has 1 rings (SSSR count). The molecule has 18 heavy (non-hydrogen) atoms. The van der Waals surface area contributed by atoms with E-state index < -0.39 is 10.0 Å². The summed E-state index contributed by atoms with van der Waals surface area (Å²) in [5.74, 6) is 0.704. The molecule has 0 amide bonds. The Hall–Kier alpha value is -0.130. The second kappa shape index (κ2) is 8.12. The van der Waals surface area contributed by atoms with Gasteiger partial charge in [0.25, 0.3) is 0 Å². The molecule has 1 fully saturated rings. The summed E-state index contributed by atoms with van der Waals surface area (Å²) in [5, 5.41) is 3.28. The average molecular weight is 276 g/mol. The lowest BCUT2D eigenvalue weighted by molar-refractivity contribution is 0.384. The molecule has 0 aromatic rings. The minimum Gasteiger partial charge on any atom is -0.314 e. The predicted octanol–water partition coefficient (Wildman–Crippen LogP) is 1.87. The van der Waals surface area contributed by atoms with Gasteiger partial charge >= 0.3 is 0 Å². The molecule has 0 heterocycles. The van der Waals surface area contributed by atoms with Gasteiger partial charge in [0.05, 0.1) is 5.75 Å². The summed E-state index contributed by atoms with van der Waals surface area (Å²) in [5.41, 5.74) is 0. The van der Waals surface area contributed by atoms with Crippen LogP contribution in [0.3, 0.4) is 0 Å². The molecule has 0 atom stereocenters. The van der Waals surface area contributed by atoms with Crippen molar-refractivity contribution in [3.05, 3.63) is 0 Å². The highest BCUT2D eigenvalue weighted by Crippen LogP contribution is 2.24. The zero-order valence-electron chi connectivity index (χ0n) is 11.7. The SMILES string of the molecule is CC(C)NCCCNS(=O)(=O)CC1CCCCC1. The Morgan fingerprint density at radius 2 is 1.78 bits per heavy atom. The highest BCUT2D eigenvalue weighted by atomic mass is 32.2. The molecule has 0 radical (unpaired) electrons. The first-order valence-electron chi connectivity index (χ1n) is 7.20. The minimum atomic E-state index is -3.06. The number of hydrogen-bond donors (Lipinski definition) is 2. The Kier molecular flexibility index (Phi) is 7.19. The van der Waals surface area contributed by atoms with E-state index in [0.29, 0.717) is 24.3 Å². The van der Waals surface area contributed by atoms with Crippen LogP contribution in [0.1, 0.15) is 52.4 Å². The Morgan fingerprint density at radius 1 is 1.11 bits per heavy atom. The molecule has 4 nitrogen and oxygen atoms in total. The molecule has 0 aliphatic heterocycles. The predicted molar refractivity (Wildman–Crippen MR) is 76.1 cm³/mol. The second-order valence-corrected chi connectivity index (χ2v) is 7.49. The van der Waals surface area contributed by atoms with Crippen molar-refractivity contribution in [2.45, 2.75) is 58.4 Å². The van der Waals surface area contributed by atoms with Gasteiger partial charge in [-0.3, -0.25) is 0 Å². The lowest BCUT2D eigenvalue weighted by Gasteiger charge is -2.21. The van der Waals surface area contributed by atoms with Crippen LogP contribution in [0, 0.1) is 5.92 Å². The normalized spacial score (nSPS) is 18.4.